The van der Waals surface area contributed by atoms with Gasteiger partial charge in [0.05, 0.1) is 0 Å². The molecule has 0 spiro atoms. The summed E-state index contributed by atoms with van der Waals surface area (Å²) in [7, 11) is 0. The fourth-order valence-corrected chi connectivity index (χ4v) is 0.402. The first-order valence-electron chi connectivity index (χ1n) is 2.74. The standard InChI is InChI=1S/C5H9NO4/c6-3(5(9)10)1-2-4(7)8/h3H,1-2,6H2,(H,7,8)(H,9,10)/p+1. The molecule has 0 saturated carbocycles. The van der Waals surface area contributed by atoms with Crippen LogP contribution in [0.2, 0.25) is 0 Å². The van der Waals surface area contributed by atoms with Crippen molar-refractivity contribution in [2.45, 2.75) is 18.9 Å². The molecule has 0 saturated heterocycles. The molecule has 5 nitrogen and oxygen atoms in total. The molecule has 0 aromatic carbocycles. The van der Waals surface area contributed by atoms with E-state index in [1.807, 2.05) is 0 Å². The Kier molecular flexibility index (Phi) is 3.42. The van der Waals surface area contributed by atoms with Crippen LogP contribution in [-0.2, 0) is 9.59 Å². The van der Waals surface area contributed by atoms with Gasteiger partial charge >= 0.3 is 13.4 Å². The third-order valence-electron chi connectivity index (χ3n) is 0.986. The molecule has 0 rings (SSSR count). The quantitative estimate of drug-likeness (QED) is 0.493. The number of hydrogen-bond donors (Lipinski definition) is 3. The molecule has 0 amide bonds. The number of carboxylic acids is 2. The molecule has 0 aromatic heterocycles. The second-order valence-corrected chi connectivity index (χ2v) is 1.88. The van der Waals surface area contributed by atoms with Crippen LogP contribution in [-0.4, -0.2) is 28.2 Å². The minimum absolute atomic E-state index is 0. The molecule has 10 heavy (non-hydrogen) atoms. The molecule has 0 aliphatic rings. The first kappa shape index (κ1) is 8.90. The highest BCUT2D eigenvalue weighted by atomic mass is 16.4. The highest BCUT2D eigenvalue weighted by Crippen LogP contribution is 1.93. The molecular formula is C5H10NO4+. The third-order valence-corrected chi connectivity index (χ3v) is 0.986. The summed E-state index contributed by atoms with van der Waals surface area (Å²) in [5.74, 6) is -2.20. The molecule has 1 atom stereocenters. The molecule has 0 radical (unpaired) electrons. The van der Waals surface area contributed by atoms with Crippen molar-refractivity contribution < 1.29 is 21.2 Å². The lowest BCUT2D eigenvalue weighted by Gasteiger charge is -2.01. The number of rotatable bonds is 4. The van der Waals surface area contributed by atoms with E-state index in [1.54, 1.807) is 0 Å². The SMILES string of the molecule is NC(CCC(=O)O)C(=O)O.[H+]. The van der Waals surface area contributed by atoms with Gasteiger partial charge in [0.15, 0.2) is 0 Å². The average Bonchev–Trinajstić information content (AvgIpc) is 1.82. The van der Waals surface area contributed by atoms with E-state index >= 15 is 0 Å². The topological polar surface area (TPSA) is 101 Å². The molecular weight excluding hydrogens is 138 g/mol. The zero-order valence-electron chi connectivity index (χ0n) is 6.28. The van der Waals surface area contributed by atoms with Crippen molar-refractivity contribution in [1.29, 1.82) is 0 Å². The van der Waals surface area contributed by atoms with Crippen molar-refractivity contribution in [1.82, 2.24) is 0 Å². The molecule has 1 unspecified atom stereocenters. The van der Waals surface area contributed by atoms with Gasteiger partial charge in [-0.25, -0.2) is 0 Å². The number of carbonyl (C=O) groups is 2. The van der Waals surface area contributed by atoms with E-state index in [2.05, 4.69) is 0 Å². The van der Waals surface area contributed by atoms with Crippen LogP contribution in [0.15, 0.2) is 0 Å². The predicted molar refractivity (Wildman–Crippen MR) is 33.6 cm³/mol. The third kappa shape index (κ3) is 3.85. The van der Waals surface area contributed by atoms with Crippen molar-refractivity contribution in [2.24, 2.45) is 5.73 Å². The summed E-state index contributed by atoms with van der Waals surface area (Å²) in [6.07, 6.45) is -0.224. The second-order valence-electron chi connectivity index (χ2n) is 1.88. The monoisotopic (exact) mass is 148 g/mol. The first-order valence-corrected chi connectivity index (χ1v) is 2.74. The van der Waals surface area contributed by atoms with Gasteiger partial charge in [0.1, 0.15) is 6.04 Å². The number of hydrogen-bond acceptors (Lipinski definition) is 3. The molecule has 0 aromatic rings. The lowest BCUT2D eigenvalue weighted by molar-refractivity contribution is -0.139. The van der Waals surface area contributed by atoms with Gasteiger partial charge in [-0.2, -0.15) is 0 Å². The number of aliphatic carboxylic acids is 2. The number of carboxylic acid groups (broad SMARTS) is 2. The van der Waals surface area contributed by atoms with Crippen LogP contribution in [0.4, 0.5) is 0 Å². The Bertz CT molecular complexity index is 149. The van der Waals surface area contributed by atoms with E-state index in [-0.39, 0.29) is 14.3 Å². The zero-order valence-corrected chi connectivity index (χ0v) is 5.28. The van der Waals surface area contributed by atoms with E-state index < -0.39 is 18.0 Å². The minimum atomic E-state index is -1.17. The Morgan fingerprint density at radius 3 is 2.30 bits per heavy atom. The highest BCUT2D eigenvalue weighted by molar-refractivity contribution is 5.74. The van der Waals surface area contributed by atoms with Gasteiger partial charge in [-0.15, -0.1) is 0 Å². The molecule has 0 bridgehead atoms. The molecule has 0 heterocycles. The Labute approximate surface area is 58.9 Å². The summed E-state index contributed by atoms with van der Waals surface area (Å²) in [5, 5.41) is 16.3. The van der Waals surface area contributed by atoms with Gasteiger partial charge in [0, 0.05) is 6.42 Å². The largest absolute Gasteiger partial charge is 1.00 e. The summed E-state index contributed by atoms with van der Waals surface area (Å²) >= 11 is 0. The van der Waals surface area contributed by atoms with Gasteiger partial charge in [-0.1, -0.05) is 0 Å². The summed E-state index contributed by atoms with van der Waals surface area (Å²) in [5.41, 5.74) is 5.00. The normalized spacial score (nSPS) is 12.5. The average molecular weight is 148 g/mol. The maximum atomic E-state index is 9.99. The van der Waals surface area contributed by atoms with Crippen LogP contribution in [0.5, 0.6) is 0 Å². The Balaban J connectivity index is 0. The van der Waals surface area contributed by atoms with Crippen LogP contribution in [0.25, 0.3) is 0 Å². The van der Waals surface area contributed by atoms with Gasteiger partial charge in [-0.3, -0.25) is 9.59 Å². The van der Waals surface area contributed by atoms with Gasteiger partial charge in [-0.05, 0) is 6.42 Å². The second kappa shape index (κ2) is 3.84. The van der Waals surface area contributed by atoms with Gasteiger partial charge in [0.25, 0.3) is 0 Å². The maximum Gasteiger partial charge on any atom is 1.00 e. The Hall–Kier alpha value is -1.10. The van der Waals surface area contributed by atoms with E-state index in [1.165, 1.54) is 0 Å². The number of nitrogens with two attached hydrogens (primary N) is 1. The Morgan fingerprint density at radius 2 is 2.00 bits per heavy atom. The van der Waals surface area contributed by atoms with Crippen molar-refractivity contribution in [3.8, 4) is 0 Å². The van der Waals surface area contributed by atoms with E-state index in [4.69, 9.17) is 15.9 Å². The maximum absolute atomic E-state index is 9.99. The van der Waals surface area contributed by atoms with Crippen LogP contribution in [0, 0.1) is 0 Å². The summed E-state index contributed by atoms with van der Waals surface area (Å²) in [6, 6.07) is -1.06. The van der Waals surface area contributed by atoms with Crippen molar-refractivity contribution in [3.63, 3.8) is 0 Å². The van der Waals surface area contributed by atoms with Crippen molar-refractivity contribution >= 4 is 11.9 Å². The van der Waals surface area contributed by atoms with Crippen molar-refractivity contribution in [3.05, 3.63) is 0 Å². The summed E-state index contributed by atoms with van der Waals surface area (Å²) < 4.78 is 0. The highest BCUT2D eigenvalue weighted by Gasteiger charge is 2.12. The minimum Gasteiger partial charge on any atom is -0.481 e. The summed E-state index contributed by atoms with van der Waals surface area (Å²) in [6.45, 7) is 0. The fraction of sp³-hybridized carbons (Fsp3) is 0.600. The van der Waals surface area contributed by atoms with Crippen molar-refractivity contribution in [2.75, 3.05) is 0 Å². The first-order chi connectivity index (χ1) is 4.54. The van der Waals surface area contributed by atoms with E-state index in [0.717, 1.165) is 0 Å². The lowest BCUT2D eigenvalue weighted by Crippen LogP contribution is -2.30. The van der Waals surface area contributed by atoms with E-state index in [0.29, 0.717) is 0 Å². The van der Waals surface area contributed by atoms with Gasteiger partial charge in [0.2, 0.25) is 0 Å². The Morgan fingerprint density at radius 1 is 1.50 bits per heavy atom. The van der Waals surface area contributed by atoms with Crippen LogP contribution < -0.4 is 5.73 Å². The molecule has 4 N–H and O–H groups in total. The van der Waals surface area contributed by atoms with E-state index in [9.17, 15) is 9.59 Å². The van der Waals surface area contributed by atoms with Crippen LogP contribution >= 0.6 is 0 Å². The zero-order chi connectivity index (χ0) is 8.15. The van der Waals surface area contributed by atoms with Gasteiger partial charge < -0.3 is 15.9 Å². The molecule has 0 aliphatic heterocycles. The lowest BCUT2D eigenvalue weighted by atomic mass is 10.2. The smallest absolute Gasteiger partial charge is 0.481 e. The molecule has 0 aliphatic carbocycles. The fourth-order valence-electron chi connectivity index (χ4n) is 0.402. The molecule has 5 heteroatoms. The van der Waals surface area contributed by atoms with Crippen LogP contribution in [0.3, 0.4) is 0 Å². The molecule has 0 fully saturated rings. The molecule has 58 valence electrons. The van der Waals surface area contributed by atoms with Crippen LogP contribution in [0.1, 0.15) is 14.3 Å². The predicted octanol–water partition coefficient (Wildman–Crippen LogP) is -0.624. The summed E-state index contributed by atoms with van der Waals surface area (Å²) in [4.78, 5) is 19.9.